The van der Waals surface area contributed by atoms with Gasteiger partial charge in [0.05, 0.1) is 28.4 Å². The highest BCUT2D eigenvalue weighted by Gasteiger charge is 2.19. The summed E-state index contributed by atoms with van der Waals surface area (Å²) in [5.41, 5.74) is 0.945. The Balaban J connectivity index is 1.04. The summed E-state index contributed by atoms with van der Waals surface area (Å²) in [6.45, 7) is 10.5. The van der Waals surface area contributed by atoms with Crippen molar-refractivity contribution in [3.8, 4) is 17.2 Å². The molecule has 2 aromatic carbocycles. The molecule has 9 nitrogen and oxygen atoms in total. The van der Waals surface area contributed by atoms with Gasteiger partial charge in [0.25, 0.3) is 0 Å². The van der Waals surface area contributed by atoms with Crippen LogP contribution in [0.5, 0.6) is 17.2 Å². The van der Waals surface area contributed by atoms with Crippen molar-refractivity contribution in [1.29, 1.82) is 0 Å². The maximum Gasteiger partial charge on any atom is 0.344 e. The monoisotopic (exact) mass is 557 g/mol. The van der Waals surface area contributed by atoms with Gasteiger partial charge in [-0.05, 0) is 69.6 Å². The zero-order valence-corrected chi connectivity index (χ0v) is 23.7. The largest absolute Gasteiger partial charge is 0.494 e. The fraction of sp³-hybridized carbons (Fsp3) is 0.517. The molecule has 0 saturated carbocycles. The molecule has 1 aromatic heterocycles. The molecule has 0 aliphatic carbocycles. The molecular formula is C29H39N3O6S. The van der Waals surface area contributed by atoms with E-state index in [1.54, 1.807) is 30.4 Å². The number of aromatic nitrogens is 1. The average molecular weight is 558 g/mol. The summed E-state index contributed by atoms with van der Waals surface area (Å²) in [7, 11) is 0. The third-order valence-corrected chi connectivity index (χ3v) is 7.42. The first-order valence-electron chi connectivity index (χ1n) is 13.6. The molecule has 3 aromatic rings. The zero-order valence-electron chi connectivity index (χ0n) is 22.8. The van der Waals surface area contributed by atoms with Crippen LogP contribution < -0.4 is 14.2 Å². The number of aryl methyl sites for hydroxylation is 1. The van der Waals surface area contributed by atoms with E-state index in [1.165, 1.54) is 0 Å². The van der Waals surface area contributed by atoms with E-state index >= 15 is 0 Å². The van der Waals surface area contributed by atoms with Gasteiger partial charge in [-0.25, -0.2) is 9.78 Å². The van der Waals surface area contributed by atoms with E-state index in [0.717, 1.165) is 72.3 Å². The molecule has 1 unspecified atom stereocenters. The van der Waals surface area contributed by atoms with Crippen molar-refractivity contribution < 1.29 is 28.8 Å². The molecule has 10 heteroatoms. The summed E-state index contributed by atoms with van der Waals surface area (Å²) in [6.07, 6.45) is 1.52. The molecule has 212 valence electrons. The molecule has 2 heterocycles. The van der Waals surface area contributed by atoms with Gasteiger partial charge in [-0.3, -0.25) is 4.90 Å². The molecule has 1 atom stereocenters. The number of benzene rings is 2. The second kappa shape index (κ2) is 15.0. The Morgan fingerprint density at radius 1 is 0.974 bits per heavy atom. The summed E-state index contributed by atoms with van der Waals surface area (Å²) in [4.78, 5) is 20.6. The predicted octanol–water partition coefficient (Wildman–Crippen LogP) is 3.76. The van der Waals surface area contributed by atoms with Crippen molar-refractivity contribution >= 4 is 27.5 Å². The molecule has 39 heavy (non-hydrogen) atoms. The highest BCUT2D eigenvalue weighted by molar-refractivity contribution is 7.18. The molecular weight excluding hydrogens is 518 g/mol. The number of β-amino-alcohol motifs (C(OH)–C–C–N with tert-alkyl or cyclic N) is 1. The first-order valence-corrected chi connectivity index (χ1v) is 14.4. The Morgan fingerprint density at radius 2 is 1.67 bits per heavy atom. The van der Waals surface area contributed by atoms with Gasteiger partial charge in [-0.1, -0.05) is 0 Å². The minimum atomic E-state index is -0.528. The Morgan fingerprint density at radius 3 is 2.41 bits per heavy atom. The zero-order chi connectivity index (χ0) is 27.5. The van der Waals surface area contributed by atoms with E-state index in [4.69, 9.17) is 18.9 Å². The SMILES string of the molecule is CCOC(=O)COc1ccc(OCCCCN2CCN(CC(O)COc3ccc4sc(C)nc4c3)CC2)cc1. The van der Waals surface area contributed by atoms with E-state index in [2.05, 4.69) is 14.8 Å². The van der Waals surface area contributed by atoms with E-state index in [-0.39, 0.29) is 19.2 Å². The van der Waals surface area contributed by atoms with Crippen LogP contribution in [0.3, 0.4) is 0 Å². The number of rotatable bonds is 15. The van der Waals surface area contributed by atoms with Gasteiger partial charge in [0.15, 0.2) is 6.61 Å². The fourth-order valence-corrected chi connectivity index (χ4v) is 5.26. The topological polar surface area (TPSA) is 93.6 Å². The number of aliphatic hydroxyl groups excluding tert-OH is 1. The fourth-order valence-electron chi connectivity index (χ4n) is 4.46. The lowest BCUT2D eigenvalue weighted by Crippen LogP contribution is -2.49. The normalized spacial score (nSPS) is 15.3. The molecule has 1 fully saturated rings. The summed E-state index contributed by atoms with van der Waals surface area (Å²) in [6, 6.07) is 13.2. The number of aliphatic hydroxyl groups is 1. The maximum atomic E-state index is 11.4. The second-order valence-electron chi connectivity index (χ2n) is 9.59. The molecule has 0 radical (unpaired) electrons. The van der Waals surface area contributed by atoms with Crippen LogP contribution in [0.25, 0.3) is 10.2 Å². The van der Waals surface area contributed by atoms with Crippen molar-refractivity contribution in [3.63, 3.8) is 0 Å². The number of unbranched alkanes of at least 4 members (excludes halogenated alkanes) is 1. The molecule has 0 bridgehead atoms. The number of thiazole rings is 1. The van der Waals surface area contributed by atoms with E-state index in [0.29, 0.717) is 25.5 Å². The van der Waals surface area contributed by atoms with Crippen molar-refractivity contribution in [2.45, 2.75) is 32.8 Å². The lowest BCUT2D eigenvalue weighted by Gasteiger charge is -2.35. The quantitative estimate of drug-likeness (QED) is 0.221. The molecule has 1 saturated heterocycles. The van der Waals surface area contributed by atoms with Crippen molar-refractivity contribution in [3.05, 3.63) is 47.5 Å². The standard InChI is InChI=1S/C29H39N3O6S/c1-3-35-29(34)21-38-25-8-6-24(7-9-25)36-17-5-4-12-31-13-15-32(16-14-31)19-23(33)20-37-26-10-11-28-27(18-26)30-22(2)39-28/h6-11,18,23,33H,3-5,12-17,19-21H2,1-2H3. The third-order valence-electron chi connectivity index (χ3n) is 6.47. The minimum Gasteiger partial charge on any atom is -0.494 e. The van der Waals surface area contributed by atoms with Crippen molar-refractivity contribution in [1.82, 2.24) is 14.8 Å². The van der Waals surface area contributed by atoms with Crippen LogP contribution in [0.2, 0.25) is 0 Å². The van der Waals surface area contributed by atoms with Gasteiger partial charge in [0.2, 0.25) is 0 Å². The Hall–Kier alpha value is -2.92. The van der Waals surface area contributed by atoms with Gasteiger partial charge in [-0.15, -0.1) is 11.3 Å². The first kappa shape index (κ1) is 29.1. The van der Waals surface area contributed by atoms with Gasteiger partial charge in [0.1, 0.15) is 30.0 Å². The minimum absolute atomic E-state index is 0.0949. The van der Waals surface area contributed by atoms with Crippen LogP contribution in [0, 0.1) is 6.92 Å². The van der Waals surface area contributed by atoms with Crippen LogP contribution in [0.1, 0.15) is 24.8 Å². The Bertz CT molecular complexity index is 1160. The van der Waals surface area contributed by atoms with Crippen LogP contribution in [0.15, 0.2) is 42.5 Å². The van der Waals surface area contributed by atoms with Gasteiger partial charge < -0.3 is 29.0 Å². The first-order chi connectivity index (χ1) is 19.0. The van der Waals surface area contributed by atoms with Gasteiger partial charge >= 0.3 is 5.97 Å². The van der Waals surface area contributed by atoms with Crippen LogP contribution in [-0.2, 0) is 9.53 Å². The number of esters is 1. The predicted molar refractivity (Wildman–Crippen MR) is 152 cm³/mol. The number of carbonyl (C=O) groups is 1. The maximum absolute atomic E-state index is 11.4. The molecule has 1 N–H and O–H groups in total. The van der Waals surface area contributed by atoms with Crippen molar-refractivity contribution in [2.75, 3.05) is 65.7 Å². The number of hydrogen-bond donors (Lipinski definition) is 1. The molecule has 1 aliphatic rings. The second-order valence-corrected chi connectivity index (χ2v) is 10.8. The number of nitrogens with zero attached hydrogens (tertiary/aromatic N) is 3. The van der Waals surface area contributed by atoms with Crippen LogP contribution in [-0.4, -0.2) is 97.7 Å². The molecule has 0 amide bonds. The van der Waals surface area contributed by atoms with Crippen LogP contribution in [0.4, 0.5) is 0 Å². The summed E-state index contributed by atoms with van der Waals surface area (Å²) in [5, 5.41) is 11.5. The summed E-state index contributed by atoms with van der Waals surface area (Å²) < 4.78 is 23.1. The molecule has 4 rings (SSSR count). The Kier molecular flexibility index (Phi) is 11.2. The van der Waals surface area contributed by atoms with E-state index in [1.807, 2.05) is 37.3 Å². The highest BCUT2D eigenvalue weighted by atomic mass is 32.1. The van der Waals surface area contributed by atoms with Crippen molar-refractivity contribution in [2.24, 2.45) is 0 Å². The number of hydrogen-bond acceptors (Lipinski definition) is 10. The molecule has 1 aliphatic heterocycles. The summed E-state index contributed by atoms with van der Waals surface area (Å²) in [5.74, 6) is 1.77. The Labute approximate surface area is 234 Å². The van der Waals surface area contributed by atoms with Gasteiger partial charge in [-0.2, -0.15) is 0 Å². The summed E-state index contributed by atoms with van der Waals surface area (Å²) >= 11 is 1.67. The average Bonchev–Trinajstić information content (AvgIpc) is 3.31. The van der Waals surface area contributed by atoms with Gasteiger partial charge in [0, 0.05) is 38.8 Å². The lowest BCUT2D eigenvalue weighted by atomic mass is 10.2. The van der Waals surface area contributed by atoms with E-state index < -0.39 is 6.10 Å². The number of ether oxygens (including phenoxy) is 4. The van der Waals surface area contributed by atoms with Crippen LogP contribution >= 0.6 is 11.3 Å². The number of fused-ring (bicyclic) bond motifs is 1. The lowest BCUT2D eigenvalue weighted by molar-refractivity contribution is -0.145. The highest BCUT2D eigenvalue weighted by Crippen LogP contribution is 2.25. The number of carbonyl (C=O) groups excluding carboxylic acids is 1. The molecule has 0 spiro atoms. The third kappa shape index (κ3) is 9.65. The van der Waals surface area contributed by atoms with E-state index in [9.17, 15) is 9.90 Å². The number of piperazine rings is 1. The smallest absolute Gasteiger partial charge is 0.344 e.